The highest BCUT2D eigenvalue weighted by Gasteiger charge is 2.39. The van der Waals surface area contributed by atoms with Gasteiger partial charge in [0.2, 0.25) is 0 Å². The average molecular weight is 250 g/mol. The molecular formula is C15H26N2O. The minimum atomic E-state index is -0.561. The Morgan fingerprint density at radius 2 is 2.22 bits per heavy atom. The van der Waals surface area contributed by atoms with Gasteiger partial charge in [-0.2, -0.15) is 0 Å². The second-order valence-corrected chi connectivity index (χ2v) is 6.10. The molecule has 1 aromatic rings. The lowest BCUT2D eigenvalue weighted by atomic mass is 9.70. The fourth-order valence-electron chi connectivity index (χ4n) is 3.18. The molecule has 1 heterocycles. The van der Waals surface area contributed by atoms with E-state index in [-0.39, 0.29) is 0 Å². The second-order valence-electron chi connectivity index (χ2n) is 6.10. The van der Waals surface area contributed by atoms with Crippen molar-refractivity contribution in [3.8, 4) is 0 Å². The van der Waals surface area contributed by atoms with E-state index in [2.05, 4.69) is 30.3 Å². The molecule has 1 N–H and O–H groups in total. The Balaban J connectivity index is 2.13. The molecule has 1 fully saturated rings. The molecule has 3 atom stereocenters. The lowest BCUT2D eigenvalue weighted by Gasteiger charge is -2.41. The first-order valence-corrected chi connectivity index (χ1v) is 7.27. The highest BCUT2D eigenvalue weighted by molar-refractivity contribution is 5.02. The molecule has 3 nitrogen and oxygen atoms in total. The third-order valence-corrected chi connectivity index (χ3v) is 4.44. The number of hydrogen-bond acceptors (Lipinski definition) is 2. The van der Waals surface area contributed by atoms with Gasteiger partial charge in [0, 0.05) is 25.4 Å². The third-order valence-electron chi connectivity index (χ3n) is 4.44. The van der Waals surface area contributed by atoms with E-state index in [1.165, 1.54) is 6.42 Å². The van der Waals surface area contributed by atoms with Crippen LogP contribution < -0.4 is 0 Å². The molecule has 0 bridgehead atoms. The summed E-state index contributed by atoms with van der Waals surface area (Å²) in [6.45, 7) is 7.59. The van der Waals surface area contributed by atoms with E-state index in [1.807, 2.05) is 12.4 Å². The summed E-state index contributed by atoms with van der Waals surface area (Å²) in [5.74, 6) is 2.04. The van der Waals surface area contributed by atoms with Crippen molar-refractivity contribution in [3.63, 3.8) is 0 Å². The summed E-state index contributed by atoms with van der Waals surface area (Å²) < 4.78 is 2.18. The molecule has 18 heavy (non-hydrogen) atoms. The molecule has 102 valence electrons. The zero-order valence-electron chi connectivity index (χ0n) is 11.9. The van der Waals surface area contributed by atoms with Gasteiger partial charge in [0.15, 0.2) is 0 Å². The summed E-state index contributed by atoms with van der Waals surface area (Å²) in [5.41, 5.74) is -0.561. The van der Waals surface area contributed by atoms with Crippen LogP contribution >= 0.6 is 0 Å². The van der Waals surface area contributed by atoms with Crippen molar-refractivity contribution in [3.05, 3.63) is 18.2 Å². The predicted octanol–water partition coefficient (Wildman–Crippen LogP) is 3.02. The molecule has 0 saturated heterocycles. The summed E-state index contributed by atoms with van der Waals surface area (Å²) in [6, 6.07) is 0. The van der Waals surface area contributed by atoms with Gasteiger partial charge in [-0.15, -0.1) is 0 Å². The first-order chi connectivity index (χ1) is 8.55. The van der Waals surface area contributed by atoms with Gasteiger partial charge in [0.25, 0.3) is 0 Å². The highest BCUT2D eigenvalue weighted by atomic mass is 16.3. The molecule has 1 aromatic heterocycles. The maximum absolute atomic E-state index is 10.9. The van der Waals surface area contributed by atoms with Crippen LogP contribution in [-0.2, 0) is 13.0 Å². The number of hydrogen-bond donors (Lipinski definition) is 1. The molecule has 1 aliphatic rings. The zero-order valence-corrected chi connectivity index (χ0v) is 11.9. The van der Waals surface area contributed by atoms with Crippen LogP contribution in [0.15, 0.2) is 12.4 Å². The van der Waals surface area contributed by atoms with Crippen molar-refractivity contribution in [2.24, 2.45) is 11.8 Å². The maximum atomic E-state index is 10.9. The Morgan fingerprint density at radius 3 is 2.94 bits per heavy atom. The first-order valence-electron chi connectivity index (χ1n) is 7.27. The van der Waals surface area contributed by atoms with Crippen LogP contribution in [0.2, 0.25) is 0 Å². The van der Waals surface area contributed by atoms with E-state index in [9.17, 15) is 5.11 Å². The summed E-state index contributed by atoms with van der Waals surface area (Å²) >= 11 is 0. The van der Waals surface area contributed by atoms with E-state index in [0.717, 1.165) is 31.6 Å². The van der Waals surface area contributed by atoms with E-state index in [4.69, 9.17) is 0 Å². The van der Waals surface area contributed by atoms with Gasteiger partial charge in [-0.25, -0.2) is 4.98 Å². The molecule has 1 aliphatic carbocycles. The second kappa shape index (κ2) is 5.43. The number of aryl methyl sites for hydroxylation is 1. The van der Waals surface area contributed by atoms with Gasteiger partial charge in [0.05, 0.1) is 5.60 Å². The van der Waals surface area contributed by atoms with E-state index < -0.39 is 5.60 Å². The first kappa shape index (κ1) is 13.6. The molecule has 3 unspecified atom stereocenters. The average Bonchev–Trinajstić information content (AvgIpc) is 2.72. The van der Waals surface area contributed by atoms with Crippen molar-refractivity contribution < 1.29 is 5.11 Å². The topological polar surface area (TPSA) is 38.0 Å². The van der Waals surface area contributed by atoms with Crippen LogP contribution in [0.25, 0.3) is 0 Å². The predicted molar refractivity (Wildman–Crippen MR) is 73.4 cm³/mol. The minimum Gasteiger partial charge on any atom is -0.389 e. The van der Waals surface area contributed by atoms with Gasteiger partial charge in [-0.3, -0.25) is 0 Å². The van der Waals surface area contributed by atoms with Gasteiger partial charge in [-0.1, -0.05) is 27.2 Å². The summed E-state index contributed by atoms with van der Waals surface area (Å²) in [6.07, 6.45) is 8.97. The number of aromatic nitrogens is 2. The van der Waals surface area contributed by atoms with Crippen LogP contribution in [0.3, 0.4) is 0 Å². The molecule has 0 aliphatic heterocycles. The smallest absolute Gasteiger partial charge is 0.111 e. The molecular weight excluding hydrogens is 224 g/mol. The van der Waals surface area contributed by atoms with E-state index in [1.54, 1.807) is 0 Å². The van der Waals surface area contributed by atoms with Crippen LogP contribution in [0.5, 0.6) is 0 Å². The van der Waals surface area contributed by atoms with E-state index in [0.29, 0.717) is 18.3 Å². The van der Waals surface area contributed by atoms with Gasteiger partial charge >= 0.3 is 0 Å². The van der Waals surface area contributed by atoms with Crippen LogP contribution in [0, 0.1) is 11.8 Å². The minimum absolute atomic E-state index is 0.375. The van der Waals surface area contributed by atoms with E-state index >= 15 is 0 Å². The molecule has 2 rings (SSSR count). The highest BCUT2D eigenvalue weighted by Crippen LogP contribution is 2.38. The molecule has 0 aromatic carbocycles. The van der Waals surface area contributed by atoms with Gasteiger partial charge in [0.1, 0.15) is 5.82 Å². The van der Waals surface area contributed by atoms with Crippen molar-refractivity contribution in [2.75, 3.05) is 0 Å². The Morgan fingerprint density at radius 1 is 1.44 bits per heavy atom. The van der Waals surface area contributed by atoms with Crippen LogP contribution in [0.4, 0.5) is 0 Å². The van der Waals surface area contributed by atoms with Crippen molar-refractivity contribution in [2.45, 2.75) is 65.0 Å². The Labute approximate surface area is 110 Å². The summed E-state index contributed by atoms with van der Waals surface area (Å²) in [5, 5.41) is 10.9. The lowest BCUT2D eigenvalue weighted by molar-refractivity contribution is -0.0579. The number of nitrogens with zero attached hydrogens (tertiary/aromatic N) is 2. The number of rotatable bonds is 4. The van der Waals surface area contributed by atoms with Crippen molar-refractivity contribution >= 4 is 0 Å². The van der Waals surface area contributed by atoms with Gasteiger partial charge in [-0.05, 0) is 31.1 Å². The molecule has 1 saturated carbocycles. The summed E-state index contributed by atoms with van der Waals surface area (Å²) in [7, 11) is 0. The largest absolute Gasteiger partial charge is 0.389 e. The molecule has 0 spiro atoms. The fraction of sp³-hybridized carbons (Fsp3) is 0.800. The summed E-state index contributed by atoms with van der Waals surface area (Å²) in [4.78, 5) is 4.44. The normalized spacial score (nSPS) is 32.7. The quantitative estimate of drug-likeness (QED) is 0.892. The SMILES string of the molecule is CCCn1ccnc1CC1(O)CC(C)CCC1C. The monoisotopic (exact) mass is 250 g/mol. The maximum Gasteiger partial charge on any atom is 0.111 e. The Kier molecular flexibility index (Phi) is 4.10. The molecule has 0 amide bonds. The van der Waals surface area contributed by atoms with Crippen LogP contribution in [0.1, 0.15) is 52.3 Å². The lowest BCUT2D eigenvalue weighted by Crippen LogP contribution is -2.44. The standard InChI is InChI=1S/C15H26N2O/c1-4-8-17-9-7-16-14(17)11-15(18)10-12(2)5-6-13(15)3/h7,9,12-13,18H,4-6,8,10-11H2,1-3H3. The number of aliphatic hydroxyl groups is 1. The van der Waals surface area contributed by atoms with Gasteiger partial charge < -0.3 is 9.67 Å². The molecule has 3 heteroatoms. The number of imidazole rings is 1. The fourth-order valence-corrected chi connectivity index (χ4v) is 3.18. The Hall–Kier alpha value is -0.830. The van der Waals surface area contributed by atoms with Crippen molar-refractivity contribution in [1.29, 1.82) is 0 Å². The third kappa shape index (κ3) is 2.77. The molecule has 0 radical (unpaired) electrons. The Bertz CT molecular complexity index is 388. The van der Waals surface area contributed by atoms with Crippen molar-refractivity contribution in [1.82, 2.24) is 9.55 Å². The van der Waals surface area contributed by atoms with Crippen LogP contribution in [-0.4, -0.2) is 20.3 Å². The zero-order chi connectivity index (χ0) is 13.2.